The van der Waals surface area contributed by atoms with Gasteiger partial charge in [-0.05, 0) is 13.0 Å². The van der Waals surface area contributed by atoms with Crippen LogP contribution >= 0.6 is 11.3 Å². The van der Waals surface area contributed by atoms with E-state index in [1.54, 1.807) is 24.4 Å². The molecule has 3 aromatic rings. The number of nitro benzene ring substituents is 2. The van der Waals surface area contributed by atoms with E-state index in [2.05, 4.69) is 15.5 Å². The van der Waals surface area contributed by atoms with E-state index >= 15 is 0 Å². The summed E-state index contributed by atoms with van der Waals surface area (Å²) in [6.07, 6.45) is 1.32. The first-order valence-electron chi connectivity index (χ1n) is 8.52. The normalized spacial score (nSPS) is 10.8. The van der Waals surface area contributed by atoms with E-state index in [9.17, 15) is 25.3 Å². The molecule has 0 aliphatic heterocycles. The second-order valence-electron chi connectivity index (χ2n) is 5.79. The number of phenolic OH excluding ortho intramolecular Hbond substituents is 1. The van der Waals surface area contributed by atoms with Gasteiger partial charge in [-0.3, -0.25) is 25.7 Å². The number of hydrazone groups is 1. The summed E-state index contributed by atoms with van der Waals surface area (Å²) in [7, 11) is 0. The molecule has 30 heavy (non-hydrogen) atoms. The Bertz CT molecular complexity index is 1130. The predicted molar refractivity (Wildman–Crippen MR) is 111 cm³/mol. The summed E-state index contributed by atoms with van der Waals surface area (Å²) < 4.78 is 5.22. The number of anilines is 1. The second-order valence-corrected chi connectivity index (χ2v) is 6.65. The zero-order chi connectivity index (χ0) is 21.7. The summed E-state index contributed by atoms with van der Waals surface area (Å²) in [5, 5.41) is 38.1. The molecule has 2 N–H and O–H groups in total. The number of aromatic hydroxyl groups is 1. The van der Waals surface area contributed by atoms with Crippen LogP contribution in [0.1, 0.15) is 12.5 Å². The molecule has 0 amide bonds. The molecule has 0 radical (unpaired) electrons. The number of nitrogens with one attached hydrogen (secondary N) is 1. The largest absolute Gasteiger partial charge is 0.500 e. The van der Waals surface area contributed by atoms with Gasteiger partial charge in [-0.25, -0.2) is 4.98 Å². The van der Waals surface area contributed by atoms with Crippen molar-refractivity contribution in [2.75, 3.05) is 12.0 Å². The molecule has 0 atom stereocenters. The lowest BCUT2D eigenvalue weighted by molar-refractivity contribution is -0.386. The van der Waals surface area contributed by atoms with Gasteiger partial charge in [0.25, 0.3) is 5.69 Å². The predicted octanol–water partition coefficient (Wildman–Crippen LogP) is 4.18. The molecule has 0 saturated carbocycles. The Balaban J connectivity index is 1.77. The van der Waals surface area contributed by atoms with Crippen LogP contribution in [0.2, 0.25) is 0 Å². The lowest BCUT2D eigenvalue weighted by Gasteiger charge is -2.07. The number of aromatic nitrogens is 1. The number of rotatable bonds is 8. The van der Waals surface area contributed by atoms with E-state index < -0.39 is 21.3 Å². The smallest absolute Gasteiger partial charge is 0.315 e. The third kappa shape index (κ3) is 4.67. The number of non-ortho nitro benzene ring substituents is 1. The van der Waals surface area contributed by atoms with Crippen molar-refractivity contribution in [2.24, 2.45) is 5.10 Å². The van der Waals surface area contributed by atoms with Gasteiger partial charge in [0, 0.05) is 34.7 Å². The highest BCUT2D eigenvalue weighted by molar-refractivity contribution is 7.14. The first-order valence-corrected chi connectivity index (χ1v) is 9.40. The number of benzene rings is 2. The number of ether oxygens (including phenoxy) is 1. The van der Waals surface area contributed by atoms with Crippen molar-refractivity contribution in [1.29, 1.82) is 0 Å². The Labute approximate surface area is 173 Å². The Morgan fingerprint density at radius 1 is 1.27 bits per heavy atom. The van der Waals surface area contributed by atoms with Gasteiger partial charge < -0.3 is 9.84 Å². The van der Waals surface area contributed by atoms with E-state index in [0.717, 1.165) is 0 Å². The number of hydrogen-bond acceptors (Lipinski definition) is 10. The molecule has 0 aliphatic rings. The van der Waals surface area contributed by atoms with E-state index in [-0.39, 0.29) is 18.0 Å². The van der Waals surface area contributed by atoms with E-state index in [0.29, 0.717) is 22.0 Å². The van der Waals surface area contributed by atoms with Gasteiger partial charge in [-0.15, -0.1) is 11.3 Å². The van der Waals surface area contributed by atoms with Gasteiger partial charge in [-0.1, -0.05) is 12.1 Å². The molecule has 3 rings (SSSR count). The highest BCUT2D eigenvalue weighted by Crippen LogP contribution is 2.36. The second kappa shape index (κ2) is 8.96. The first kappa shape index (κ1) is 20.7. The van der Waals surface area contributed by atoms with Gasteiger partial charge in [0.1, 0.15) is 0 Å². The molecule has 0 unspecified atom stereocenters. The summed E-state index contributed by atoms with van der Waals surface area (Å²) in [5.41, 5.74) is 3.65. The Kier molecular flexibility index (Phi) is 6.17. The lowest BCUT2D eigenvalue weighted by atomic mass is 10.1. The molecular weight excluding hydrogens is 414 g/mol. The summed E-state index contributed by atoms with van der Waals surface area (Å²) in [6.45, 7) is 1.91. The Morgan fingerprint density at radius 3 is 2.77 bits per heavy atom. The van der Waals surface area contributed by atoms with Gasteiger partial charge in [0.15, 0.2) is 5.75 Å². The van der Waals surface area contributed by atoms with Crippen LogP contribution in [0.25, 0.3) is 11.3 Å². The number of thiazole rings is 1. The average Bonchev–Trinajstić information content (AvgIpc) is 3.19. The van der Waals surface area contributed by atoms with E-state index in [1.165, 1.54) is 41.8 Å². The third-order valence-electron chi connectivity index (χ3n) is 3.80. The fourth-order valence-corrected chi connectivity index (χ4v) is 3.16. The number of phenols is 1. The van der Waals surface area contributed by atoms with Crippen molar-refractivity contribution in [3.05, 3.63) is 67.6 Å². The molecule has 154 valence electrons. The zero-order valence-electron chi connectivity index (χ0n) is 15.5. The molecule has 12 heteroatoms. The highest BCUT2D eigenvalue weighted by Gasteiger charge is 2.19. The van der Waals surface area contributed by atoms with Crippen molar-refractivity contribution in [3.63, 3.8) is 0 Å². The lowest BCUT2D eigenvalue weighted by Crippen LogP contribution is -1.98. The maximum atomic E-state index is 11.1. The molecule has 0 saturated heterocycles. The standard InChI is InChI=1S/C18H15N5O6S/c1-2-29-16-7-11(6-15(17(16)24)23(27)28)9-19-21-18-20-14(10-30-18)12-4-3-5-13(8-12)22(25)26/h3-10,24H,2H2,1H3,(H,20,21)/b19-9+. The minimum atomic E-state index is -0.714. The number of nitrogens with zero attached hydrogens (tertiary/aromatic N) is 4. The quantitative estimate of drug-likeness (QED) is 0.307. The number of nitro groups is 2. The molecule has 0 fully saturated rings. The van der Waals surface area contributed by atoms with Crippen molar-refractivity contribution in [1.82, 2.24) is 4.98 Å². The monoisotopic (exact) mass is 429 g/mol. The molecule has 0 bridgehead atoms. The van der Waals surface area contributed by atoms with Crippen LogP contribution in [0.5, 0.6) is 11.5 Å². The van der Waals surface area contributed by atoms with Crippen molar-refractivity contribution >= 4 is 34.1 Å². The Morgan fingerprint density at radius 2 is 2.07 bits per heavy atom. The van der Waals surface area contributed by atoms with Crippen molar-refractivity contribution in [3.8, 4) is 22.8 Å². The van der Waals surface area contributed by atoms with Crippen molar-refractivity contribution < 1.29 is 19.7 Å². The fraction of sp³-hybridized carbons (Fsp3) is 0.111. The summed E-state index contributed by atoms with van der Waals surface area (Å²) in [5.74, 6) is -0.566. The Hall–Kier alpha value is -4.06. The van der Waals surface area contributed by atoms with Gasteiger partial charge >= 0.3 is 5.69 Å². The highest BCUT2D eigenvalue weighted by atomic mass is 32.1. The van der Waals surface area contributed by atoms with Crippen LogP contribution in [-0.2, 0) is 0 Å². The average molecular weight is 429 g/mol. The molecule has 2 aromatic carbocycles. The topological polar surface area (TPSA) is 153 Å². The summed E-state index contributed by atoms with van der Waals surface area (Å²) in [4.78, 5) is 25.1. The van der Waals surface area contributed by atoms with Crippen LogP contribution < -0.4 is 10.2 Å². The van der Waals surface area contributed by atoms with Crippen LogP contribution in [0.15, 0.2) is 46.9 Å². The zero-order valence-corrected chi connectivity index (χ0v) is 16.3. The van der Waals surface area contributed by atoms with Crippen molar-refractivity contribution in [2.45, 2.75) is 6.92 Å². The third-order valence-corrected chi connectivity index (χ3v) is 4.55. The van der Waals surface area contributed by atoms with Gasteiger partial charge in [0.05, 0.1) is 28.4 Å². The maximum absolute atomic E-state index is 11.1. The van der Waals surface area contributed by atoms with Gasteiger partial charge in [0.2, 0.25) is 10.9 Å². The van der Waals surface area contributed by atoms with Crippen LogP contribution in [0, 0.1) is 20.2 Å². The summed E-state index contributed by atoms with van der Waals surface area (Å²) in [6, 6.07) is 8.69. The molecule has 0 spiro atoms. The van der Waals surface area contributed by atoms with Gasteiger partial charge in [-0.2, -0.15) is 5.10 Å². The molecule has 1 heterocycles. The number of hydrogen-bond donors (Lipinski definition) is 2. The maximum Gasteiger partial charge on any atom is 0.315 e. The van der Waals surface area contributed by atoms with Crippen LogP contribution in [-0.4, -0.2) is 32.8 Å². The first-order chi connectivity index (χ1) is 14.4. The molecular formula is C18H15N5O6S. The summed E-state index contributed by atoms with van der Waals surface area (Å²) >= 11 is 1.24. The minimum Gasteiger partial charge on any atom is -0.500 e. The molecule has 11 nitrogen and oxygen atoms in total. The SMILES string of the molecule is CCOc1cc(/C=N/Nc2nc(-c3cccc([N+](=O)[O-])c3)cs2)cc([N+](=O)[O-])c1O. The fourth-order valence-electron chi connectivity index (χ4n) is 2.49. The van der Waals surface area contributed by atoms with Crippen LogP contribution in [0.3, 0.4) is 0 Å². The molecule has 1 aromatic heterocycles. The van der Waals surface area contributed by atoms with E-state index in [1.807, 2.05) is 0 Å². The van der Waals surface area contributed by atoms with Crippen LogP contribution in [0.4, 0.5) is 16.5 Å². The minimum absolute atomic E-state index is 0.0182. The molecule has 0 aliphatic carbocycles. The van der Waals surface area contributed by atoms with E-state index in [4.69, 9.17) is 4.74 Å².